The first-order chi connectivity index (χ1) is 12.3. The largest absolute Gasteiger partial charge is 0.416 e. The molecule has 26 heavy (non-hydrogen) atoms. The van der Waals surface area contributed by atoms with Crippen molar-refractivity contribution in [2.45, 2.75) is 6.18 Å². The molecule has 2 aromatic carbocycles. The Morgan fingerprint density at radius 3 is 2.42 bits per heavy atom. The Balaban J connectivity index is 1.95. The van der Waals surface area contributed by atoms with Crippen LogP contribution in [0.5, 0.6) is 0 Å². The first-order valence-corrected chi connectivity index (χ1v) is 8.26. The Kier molecular flexibility index (Phi) is 5.17. The minimum absolute atomic E-state index is 0.203. The number of alkyl halides is 3. The fraction of sp³-hybridized carbons (Fsp3) is 0.0625. The molecule has 1 N–H and O–H groups in total. The number of hydrogen-bond acceptors (Lipinski definition) is 3. The first kappa shape index (κ1) is 18.6. The molecule has 4 nitrogen and oxygen atoms in total. The third kappa shape index (κ3) is 3.98. The standard InChI is InChI=1S/C16H9Cl2F3N4S/c17-11-5-6-12(13(18)7-11)14-23-24-15(26)25(14)22-8-9-1-3-10(4-2-9)16(19,20)21/h1-8H,(H,24,26)/b22-8-. The maximum absolute atomic E-state index is 12.6. The lowest BCUT2D eigenvalue weighted by Crippen LogP contribution is -2.04. The first-order valence-electron chi connectivity index (χ1n) is 7.10. The molecule has 0 aliphatic heterocycles. The van der Waals surface area contributed by atoms with Crippen molar-refractivity contribution in [2.24, 2.45) is 5.10 Å². The van der Waals surface area contributed by atoms with Crippen LogP contribution in [0.1, 0.15) is 11.1 Å². The number of nitrogens with one attached hydrogen (secondary N) is 1. The summed E-state index contributed by atoms with van der Waals surface area (Å²) in [6.07, 6.45) is -3.01. The van der Waals surface area contributed by atoms with Gasteiger partial charge in [-0.2, -0.15) is 28.0 Å². The summed E-state index contributed by atoms with van der Waals surface area (Å²) in [6, 6.07) is 9.44. The van der Waals surface area contributed by atoms with Crippen LogP contribution in [0.4, 0.5) is 13.2 Å². The van der Waals surface area contributed by atoms with Crippen LogP contribution >= 0.6 is 35.4 Å². The van der Waals surface area contributed by atoms with Crippen LogP contribution in [0.2, 0.25) is 10.0 Å². The van der Waals surface area contributed by atoms with Gasteiger partial charge in [-0.3, -0.25) is 0 Å². The smallest absolute Gasteiger partial charge is 0.250 e. The van der Waals surface area contributed by atoms with Crippen LogP contribution in [0.15, 0.2) is 47.6 Å². The van der Waals surface area contributed by atoms with Gasteiger partial charge in [0.1, 0.15) is 0 Å². The van der Waals surface area contributed by atoms with Crippen LogP contribution in [-0.2, 0) is 6.18 Å². The molecule has 3 rings (SSSR count). The van der Waals surface area contributed by atoms with Gasteiger partial charge in [-0.15, -0.1) is 0 Å². The van der Waals surface area contributed by atoms with Crippen LogP contribution in [-0.4, -0.2) is 21.1 Å². The molecule has 1 aromatic heterocycles. The van der Waals surface area contributed by atoms with E-state index in [1.165, 1.54) is 23.0 Å². The zero-order valence-electron chi connectivity index (χ0n) is 12.8. The van der Waals surface area contributed by atoms with Gasteiger partial charge in [0, 0.05) is 10.6 Å². The Morgan fingerprint density at radius 2 is 1.81 bits per heavy atom. The molecule has 0 bridgehead atoms. The Labute approximate surface area is 160 Å². The van der Waals surface area contributed by atoms with Crippen molar-refractivity contribution in [2.75, 3.05) is 0 Å². The van der Waals surface area contributed by atoms with E-state index in [1.807, 2.05) is 0 Å². The third-order valence-corrected chi connectivity index (χ3v) is 4.19. The minimum atomic E-state index is -4.39. The van der Waals surface area contributed by atoms with E-state index in [0.29, 0.717) is 27.0 Å². The summed E-state index contributed by atoms with van der Waals surface area (Å²) in [6.45, 7) is 0. The van der Waals surface area contributed by atoms with Crippen molar-refractivity contribution in [3.05, 3.63) is 68.4 Å². The van der Waals surface area contributed by atoms with Gasteiger partial charge in [0.05, 0.1) is 16.8 Å². The van der Waals surface area contributed by atoms with E-state index < -0.39 is 11.7 Å². The Hall–Kier alpha value is -2.16. The molecule has 0 aliphatic rings. The van der Waals surface area contributed by atoms with Crippen molar-refractivity contribution < 1.29 is 13.2 Å². The quantitative estimate of drug-likeness (QED) is 0.432. The number of aromatic amines is 1. The normalized spacial score (nSPS) is 12.0. The van der Waals surface area contributed by atoms with E-state index in [4.69, 9.17) is 35.4 Å². The van der Waals surface area contributed by atoms with Crippen LogP contribution in [0.3, 0.4) is 0 Å². The molecule has 0 aliphatic carbocycles. The molecule has 0 unspecified atom stereocenters. The summed E-state index contributed by atoms with van der Waals surface area (Å²) < 4.78 is 39.3. The predicted octanol–water partition coefficient (Wildman–Crippen LogP) is 5.82. The van der Waals surface area contributed by atoms with Gasteiger partial charge in [-0.25, -0.2) is 5.10 Å². The zero-order chi connectivity index (χ0) is 18.9. The lowest BCUT2D eigenvalue weighted by atomic mass is 10.1. The van der Waals surface area contributed by atoms with Gasteiger partial charge in [0.2, 0.25) is 4.77 Å². The lowest BCUT2D eigenvalue weighted by Gasteiger charge is -2.06. The number of nitrogens with zero attached hydrogens (tertiary/aromatic N) is 3. The number of H-pyrrole nitrogens is 1. The molecule has 0 saturated heterocycles. The fourth-order valence-electron chi connectivity index (χ4n) is 2.13. The average molecular weight is 417 g/mol. The summed E-state index contributed by atoms with van der Waals surface area (Å²) in [7, 11) is 0. The van der Waals surface area contributed by atoms with Gasteiger partial charge < -0.3 is 0 Å². The van der Waals surface area contributed by atoms with Crippen molar-refractivity contribution in [3.63, 3.8) is 0 Å². The predicted molar refractivity (Wildman–Crippen MR) is 97.3 cm³/mol. The summed E-state index contributed by atoms with van der Waals surface area (Å²) in [5.74, 6) is 0.347. The highest BCUT2D eigenvalue weighted by Crippen LogP contribution is 2.30. The number of rotatable bonds is 3. The molecule has 0 spiro atoms. The molecular weight excluding hydrogens is 408 g/mol. The van der Waals surface area contributed by atoms with Gasteiger partial charge >= 0.3 is 6.18 Å². The number of halogens is 5. The maximum atomic E-state index is 12.6. The summed E-state index contributed by atoms with van der Waals surface area (Å²) in [5.41, 5.74) is 0.283. The highest BCUT2D eigenvalue weighted by Gasteiger charge is 2.29. The van der Waals surface area contributed by atoms with Crippen molar-refractivity contribution in [1.29, 1.82) is 0 Å². The van der Waals surface area contributed by atoms with Crippen LogP contribution < -0.4 is 0 Å². The number of hydrogen-bond donors (Lipinski definition) is 1. The second-order valence-electron chi connectivity index (χ2n) is 5.15. The molecule has 0 radical (unpaired) electrons. The highest BCUT2D eigenvalue weighted by atomic mass is 35.5. The monoisotopic (exact) mass is 416 g/mol. The molecular formula is C16H9Cl2F3N4S. The molecule has 134 valence electrons. The van der Waals surface area contributed by atoms with E-state index in [2.05, 4.69) is 15.3 Å². The molecule has 0 amide bonds. The second kappa shape index (κ2) is 7.22. The average Bonchev–Trinajstić information content (AvgIpc) is 2.93. The Morgan fingerprint density at radius 1 is 1.12 bits per heavy atom. The molecule has 0 fully saturated rings. The van der Waals surface area contributed by atoms with Crippen molar-refractivity contribution in [1.82, 2.24) is 14.9 Å². The van der Waals surface area contributed by atoms with Gasteiger partial charge in [-0.05, 0) is 48.1 Å². The van der Waals surface area contributed by atoms with E-state index >= 15 is 0 Å². The molecule has 10 heteroatoms. The van der Waals surface area contributed by atoms with E-state index in [1.54, 1.807) is 18.2 Å². The number of benzene rings is 2. The van der Waals surface area contributed by atoms with Crippen molar-refractivity contribution >= 4 is 41.6 Å². The Bertz CT molecular complexity index is 1020. The molecule has 1 heterocycles. The van der Waals surface area contributed by atoms with Crippen LogP contribution in [0, 0.1) is 4.77 Å². The zero-order valence-corrected chi connectivity index (χ0v) is 15.1. The van der Waals surface area contributed by atoms with Gasteiger partial charge in [-0.1, -0.05) is 35.3 Å². The molecule has 0 atom stereocenters. The topological polar surface area (TPSA) is 46.0 Å². The molecule has 0 saturated carbocycles. The SMILES string of the molecule is FC(F)(F)c1ccc(/C=N\n2c(-c3ccc(Cl)cc3Cl)n[nH]c2=S)cc1. The third-order valence-electron chi connectivity index (χ3n) is 3.38. The van der Waals surface area contributed by atoms with Gasteiger partial charge in [0.15, 0.2) is 5.82 Å². The van der Waals surface area contributed by atoms with E-state index in [0.717, 1.165) is 12.1 Å². The summed E-state index contributed by atoms with van der Waals surface area (Å²) in [5, 5.41) is 11.7. The summed E-state index contributed by atoms with van der Waals surface area (Å²) in [4.78, 5) is 0. The highest BCUT2D eigenvalue weighted by molar-refractivity contribution is 7.71. The van der Waals surface area contributed by atoms with Crippen molar-refractivity contribution in [3.8, 4) is 11.4 Å². The minimum Gasteiger partial charge on any atom is -0.250 e. The van der Waals surface area contributed by atoms with Gasteiger partial charge in [0.25, 0.3) is 0 Å². The van der Waals surface area contributed by atoms with Crippen LogP contribution in [0.25, 0.3) is 11.4 Å². The van der Waals surface area contributed by atoms with E-state index in [9.17, 15) is 13.2 Å². The second-order valence-corrected chi connectivity index (χ2v) is 6.38. The number of aromatic nitrogens is 3. The fourth-order valence-corrected chi connectivity index (χ4v) is 2.80. The van der Waals surface area contributed by atoms with E-state index in [-0.39, 0.29) is 4.77 Å². The maximum Gasteiger partial charge on any atom is 0.416 e. The molecule has 3 aromatic rings. The lowest BCUT2D eigenvalue weighted by molar-refractivity contribution is -0.137. The summed E-state index contributed by atoms with van der Waals surface area (Å²) >= 11 is 17.2.